The van der Waals surface area contributed by atoms with E-state index in [2.05, 4.69) is 21.2 Å². The Bertz CT molecular complexity index is 855. The van der Waals surface area contributed by atoms with Crippen LogP contribution in [0.2, 0.25) is 5.02 Å². The van der Waals surface area contributed by atoms with Gasteiger partial charge in [0.25, 0.3) is 5.91 Å². The monoisotopic (exact) mass is 479 g/mol. The van der Waals surface area contributed by atoms with Crippen LogP contribution in [-0.4, -0.2) is 60.4 Å². The summed E-state index contributed by atoms with van der Waals surface area (Å²) < 4.78 is 6.71. The summed E-state index contributed by atoms with van der Waals surface area (Å²) in [7, 11) is 0. The highest BCUT2D eigenvalue weighted by Crippen LogP contribution is 2.20. The van der Waals surface area contributed by atoms with Crippen molar-refractivity contribution in [3.05, 3.63) is 58.0 Å². The molecule has 0 radical (unpaired) electrons. The number of ether oxygens (including phenoxy) is 1. The normalized spacial score (nSPS) is 15.6. The van der Waals surface area contributed by atoms with Gasteiger partial charge in [-0.15, -0.1) is 0 Å². The van der Waals surface area contributed by atoms with Gasteiger partial charge in [0.2, 0.25) is 5.91 Å². The zero-order valence-corrected chi connectivity index (χ0v) is 18.4. The van der Waals surface area contributed by atoms with Gasteiger partial charge in [0.05, 0.1) is 17.3 Å². The fraction of sp³-hybridized carbons (Fsp3) is 0.333. The Hall–Kier alpha value is -2.09. The molecule has 2 aromatic carbocycles. The lowest BCUT2D eigenvalue weighted by Gasteiger charge is -2.35. The third-order valence-electron chi connectivity index (χ3n) is 4.67. The lowest BCUT2D eigenvalue weighted by atomic mass is 10.2. The smallest absolute Gasteiger partial charge is 0.263 e. The van der Waals surface area contributed by atoms with Crippen LogP contribution in [0.25, 0.3) is 0 Å². The average molecular weight is 481 g/mol. The molecule has 1 atom stereocenters. The molecule has 0 aliphatic carbocycles. The van der Waals surface area contributed by atoms with E-state index in [0.717, 1.165) is 4.47 Å². The number of halogens is 2. The molecule has 2 amide bonds. The molecule has 1 fully saturated rings. The van der Waals surface area contributed by atoms with Gasteiger partial charge in [-0.25, -0.2) is 0 Å². The van der Waals surface area contributed by atoms with Gasteiger partial charge in [-0.1, -0.05) is 39.7 Å². The van der Waals surface area contributed by atoms with Gasteiger partial charge in [0.15, 0.2) is 6.10 Å². The van der Waals surface area contributed by atoms with Crippen molar-refractivity contribution < 1.29 is 14.3 Å². The Labute approximate surface area is 183 Å². The van der Waals surface area contributed by atoms with E-state index in [4.69, 9.17) is 16.3 Å². The van der Waals surface area contributed by atoms with Crippen molar-refractivity contribution in [1.29, 1.82) is 0 Å². The largest absolute Gasteiger partial charge is 0.481 e. The predicted octanol–water partition coefficient (Wildman–Crippen LogP) is 3.65. The first kappa shape index (κ1) is 21.6. The molecule has 0 unspecified atom stereocenters. The number of para-hydroxylation sites is 1. The van der Waals surface area contributed by atoms with Crippen LogP contribution in [0, 0.1) is 0 Å². The van der Waals surface area contributed by atoms with Crippen molar-refractivity contribution in [2.75, 3.05) is 38.0 Å². The van der Waals surface area contributed by atoms with Crippen LogP contribution >= 0.6 is 27.5 Å². The summed E-state index contributed by atoms with van der Waals surface area (Å²) in [6.07, 6.45) is -0.564. The first-order valence-electron chi connectivity index (χ1n) is 9.40. The van der Waals surface area contributed by atoms with E-state index >= 15 is 0 Å². The topological polar surface area (TPSA) is 61.9 Å². The standard InChI is InChI=1S/C21H23BrClN3O3/c1-15(29-17-8-6-16(22)7-9-17)21(28)26-12-10-25(11-13-26)14-20(27)24-19-5-3-2-4-18(19)23/h2-9,15H,10-14H2,1H3,(H,24,27)/t15-/m0/s1. The number of nitrogens with one attached hydrogen (secondary N) is 1. The van der Waals surface area contributed by atoms with Crippen LogP contribution < -0.4 is 10.1 Å². The number of hydrogen-bond donors (Lipinski definition) is 1. The van der Waals surface area contributed by atoms with Crippen LogP contribution in [0.3, 0.4) is 0 Å². The summed E-state index contributed by atoms with van der Waals surface area (Å²) in [5.41, 5.74) is 0.604. The van der Waals surface area contributed by atoms with Crippen molar-refractivity contribution in [1.82, 2.24) is 9.80 Å². The molecule has 0 spiro atoms. The molecule has 1 heterocycles. The highest BCUT2D eigenvalue weighted by Gasteiger charge is 2.26. The van der Waals surface area contributed by atoms with Crippen molar-refractivity contribution in [2.24, 2.45) is 0 Å². The van der Waals surface area contributed by atoms with Crippen molar-refractivity contribution in [3.8, 4) is 5.75 Å². The molecule has 154 valence electrons. The number of carbonyl (C=O) groups is 2. The van der Waals surface area contributed by atoms with Gasteiger partial charge in [-0.3, -0.25) is 14.5 Å². The van der Waals surface area contributed by atoms with Crippen molar-refractivity contribution in [2.45, 2.75) is 13.0 Å². The SMILES string of the molecule is C[C@H](Oc1ccc(Br)cc1)C(=O)N1CCN(CC(=O)Nc2ccccc2Cl)CC1. The zero-order valence-electron chi connectivity index (χ0n) is 16.1. The Balaban J connectivity index is 1.44. The highest BCUT2D eigenvalue weighted by molar-refractivity contribution is 9.10. The van der Waals surface area contributed by atoms with E-state index in [0.29, 0.717) is 42.6 Å². The molecule has 1 aliphatic heterocycles. The molecule has 1 saturated heterocycles. The fourth-order valence-corrected chi connectivity index (χ4v) is 3.55. The van der Waals surface area contributed by atoms with Gasteiger partial charge in [0.1, 0.15) is 5.75 Å². The van der Waals surface area contributed by atoms with Gasteiger partial charge < -0.3 is 15.0 Å². The van der Waals surface area contributed by atoms with E-state index in [9.17, 15) is 9.59 Å². The van der Waals surface area contributed by atoms with E-state index in [1.165, 1.54) is 0 Å². The van der Waals surface area contributed by atoms with Gasteiger partial charge in [0, 0.05) is 30.7 Å². The molecule has 29 heavy (non-hydrogen) atoms. The molecule has 1 aliphatic rings. The lowest BCUT2D eigenvalue weighted by molar-refractivity contribution is -0.139. The van der Waals surface area contributed by atoms with Crippen LogP contribution in [0.15, 0.2) is 53.0 Å². The second-order valence-electron chi connectivity index (χ2n) is 6.84. The van der Waals surface area contributed by atoms with E-state index in [1.54, 1.807) is 24.0 Å². The molecule has 3 rings (SSSR count). The Morgan fingerprint density at radius 2 is 1.76 bits per heavy atom. The van der Waals surface area contributed by atoms with Crippen molar-refractivity contribution >= 4 is 45.0 Å². The molecule has 8 heteroatoms. The second kappa shape index (κ2) is 10.1. The zero-order chi connectivity index (χ0) is 20.8. The number of carbonyl (C=O) groups excluding carboxylic acids is 2. The third kappa shape index (κ3) is 6.19. The van der Waals surface area contributed by atoms with Crippen LogP contribution in [-0.2, 0) is 9.59 Å². The minimum absolute atomic E-state index is 0.0481. The van der Waals surface area contributed by atoms with Crippen molar-refractivity contribution in [3.63, 3.8) is 0 Å². The van der Waals surface area contributed by atoms with E-state index in [-0.39, 0.29) is 18.4 Å². The quantitative estimate of drug-likeness (QED) is 0.685. The first-order chi connectivity index (χ1) is 13.9. The molecule has 6 nitrogen and oxygen atoms in total. The summed E-state index contributed by atoms with van der Waals surface area (Å²) in [6, 6.07) is 14.5. The highest BCUT2D eigenvalue weighted by atomic mass is 79.9. The van der Waals surface area contributed by atoms with Gasteiger partial charge >= 0.3 is 0 Å². The van der Waals surface area contributed by atoms with E-state index in [1.807, 2.05) is 41.3 Å². The number of rotatable bonds is 6. The van der Waals surface area contributed by atoms with Crippen LogP contribution in [0.4, 0.5) is 5.69 Å². The lowest BCUT2D eigenvalue weighted by Crippen LogP contribution is -2.53. The average Bonchev–Trinajstić information content (AvgIpc) is 2.71. The number of benzene rings is 2. The molecule has 2 aromatic rings. The molecule has 1 N–H and O–H groups in total. The maximum Gasteiger partial charge on any atom is 0.263 e. The summed E-state index contributed by atoms with van der Waals surface area (Å²) in [6.45, 7) is 4.41. The fourth-order valence-electron chi connectivity index (χ4n) is 3.11. The second-order valence-corrected chi connectivity index (χ2v) is 8.17. The molecule has 0 saturated carbocycles. The Morgan fingerprint density at radius 1 is 1.10 bits per heavy atom. The van der Waals surface area contributed by atoms with Gasteiger partial charge in [-0.05, 0) is 43.3 Å². The molecular weight excluding hydrogens is 458 g/mol. The molecule has 0 bridgehead atoms. The third-order valence-corrected chi connectivity index (χ3v) is 5.53. The number of amides is 2. The summed E-state index contributed by atoms with van der Waals surface area (Å²) >= 11 is 9.45. The Morgan fingerprint density at radius 3 is 2.41 bits per heavy atom. The van der Waals surface area contributed by atoms with Crippen LogP contribution in [0.1, 0.15) is 6.92 Å². The maximum absolute atomic E-state index is 12.7. The maximum atomic E-state index is 12.7. The number of piperazine rings is 1. The summed E-state index contributed by atoms with van der Waals surface area (Å²) in [5, 5.41) is 3.33. The minimum atomic E-state index is -0.564. The molecular formula is C21H23BrClN3O3. The number of anilines is 1. The number of hydrogen-bond acceptors (Lipinski definition) is 4. The van der Waals surface area contributed by atoms with E-state index < -0.39 is 6.10 Å². The predicted molar refractivity (Wildman–Crippen MR) is 117 cm³/mol. The molecule has 0 aromatic heterocycles. The summed E-state index contributed by atoms with van der Waals surface area (Å²) in [4.78, 5) is 28.7. The summed E-state index contributed by atoms with van der Waals surface area (Å²) in [5.74, 6) is 0.488. The first-order valence-corrected chi connectivity index (χ1v) is 10.6. The van der Waals surface area contributed by atoms with Gasteiger partial charge in [-0.2, -0.15) is 0 Å². The Kier molecular flexibility index (Phi) is 7.52. The number of nitrogens with zero attached hydrogens (tertiary/aromatic N) is 2. The van der Waals surface area contributed by atoms with Crippen LogP contribution in [0.5, 0.6) is 5.75 Å². The minimum Gasteiger partial charge on any atom is -0.481 e.